The largest absolute Gasteiger partial charge is 0.368 e. The van der Waals surface area contributed by atoms with Crippen molar-refractivity contribution in [2.45, 2.75) is 10.3 Å². The van der Waals surface area contributed by atoms with Gasteiger partial charge in [0.25, 0.3) is 0 Å². The summed E-state index contributed by atoms with van der Waals surface area (Å²) in [5.74, 6) is 0. The molecule has 1 N–H and O–H groups in total. The third kappa shape index (κ3) is 5.90. The van der Waals surface area contributed by atoms with Crippen molar-refractivity contribution in [1.29, 1.82) is 5.26 Å². The Kier molecular flexibility index (Phi) is 8.17. The molecule has 55 heavy (non-hydrogen) atoms. The highest BCUT2D eigenvalue weighted by atomic mass is 32.2. The minimum absolute atomic E-state index is 0.124. The van der Waals surface area contributed by atoms with Crippen molar-refractivity contribution in [3.05, 3.63) is 205 Å². The van der Waals surface area contributed by atoms with Gasteiger partial charge < -0.3 is 14.8 Å². The van der Waals surface area contributed by atoms with Gasteiger partial charge in [-0.3, -0.25) is 0 Å². The molecule has 260 valence electrons. The smallest absolute Gasteiger partial charge is 0.103 e. The van der Waals surface area contributed by atoms with E-state index in [1.54, 1.807) is 0 Å². The molecule has 1 aliphatic heterocycles. The Hall–Kier alpha value is -7.00. The lowest BCUT2D eigenvalue weighted by Crippen LogP contribution is -2.09. The van der Waals surface area contributed by atoms with Crippen molar-refractivity contribution in [3.8, 4) is 34.0 Å². The molecule has 0 aliphatic carbocycles. The summed E-state index contributed by atoms with van der Waals surface area (Å²) in [6, 6.07) is 70.8. The molecule has 1 atom stereocenters. The number of aromatic nitrogens is 1. The van der Waals surface area contributed by atoms with Gasteiger partial charge in [0, 0.05) is 33.5 Å². The van der Waals surface area contributed by atoms with E-state index in [-0.39, 0.29) is 5.37 Å². The monoisotopic (exact) mass is 722 g/mol. The maximum atomic E-state index is 9.39. The fourth-order valence-corrected chi connectivity index (χ4v) is 9.07. The van der Waals surface area contributed by atoms with E-state index in [1.165, 1.54) is 32.3 Å². The normalized spacial score (nSPS) is 13.3. The van der Waals surface area contributed by atoms with Crippen molar-refractivity contribution in [2.75, 3.05) is 10.2 Å². The van der Waals surface area contributed by atoms with E-state index in [4.69, 9.17) is 0 Å². The van der Waals surface area contributed by atoms with Gasteiger partial charge in [-0.1, -0.05) is 127 Å². The average molecular weight is 723 g/mol. The van der Waals surface area contributed by atoms with Crippen molar-refractivity contribution < 1.29 is 0 Å². The van der Waals surface area contributed by atoms with Crippen LogP contribution in [0.1, 0.15) is 16.5 Å². The molecule has 5 heteroatoms. The number of thioether (sulfide) groups is 1. The highest BCUT2D eigenvalue weighted by Gasteiger charge is 2.28. The third-order valence-electron chi connectivity index (χ3n) is 10.4. The molecular formula is C50H34N4S. The first kappa shape index (κ1) is 32.6. The Morgan fingerprint density at radius 1 is 0.527 bits per heavy atom. The van der Waals surface area contributed by atoms with Crippen LogP contribution in [0.4, 0.5) is 22.7 Å². The van der Waals surface area contributed by atoms with Gasteiger partial charge in [0.1, 0.15) is 5.37 Å². The van der Waals surface area contributed by atoms with Crippen molar-refractivity contribution in [1.82, 2.24) is 4.57 Å². The fraction of sp³-hybridized carbons (Fsp3) is 0.0200. The van der Waals surface area contributed by atoms with E-state index in [0.717, 1.165) is 50.6 Å². The summed E-state index contributed by atoms with van der Waals surface area (Å²) in [6.07, 6.45) is 0. The Labute approximate surface area is 324 Å². The van der Waals surface area contributed by atoms with Crippen LogP contribution in [0.2, 0.25) is 0 Å². The molecule has 4 nitrogen and oxygen atoms in total. The number of hydrogen-bond donors (Lipinski definition) is 1. The predicted octanol–water partition coefficient (Wildman–Crippen LogP) is 13.7. The van der Waals surface area contributed by atoms with Crippen LogP contribution in [0, 0.1) is 11.3 Å². The zero-order valence-electron chi connectivity index (χ0n) is 29.8. The van der Waals surface area contributed by atoms with Crippen molar-refractivity contribution in [2.24, 2.45) is 0 Å². The Morgan fingerprint density at radius 3 is 1.80 bits per heavy atom. The molecule has 1 unspecified atom stereocenters. The molecule has 9 aromatic rings. The second-order valence-electron chi connectivity index (χ2n) is 13.8. The SMILES string of the molecule is N#Cc1ccc(-c2cccc(-n3c4ccc(-c5ccc(N(c6ccccc6)c6ccccc6)cc5)cc4c4ccc5c(c43)SC(c3ccccc3)N5)c2)cc1. The van der Waals surface area contributed by atoms with Gasteiger partial charge in [0.15, 0.2) is 0 Å². The first-order valence-corrected chi connectivity index (χ1v) is 19.3. The summed E-state index contributed by atoms with van der Waals surface area (Å²) in [5.41, 5.74) is 14.4. The predicted molar refractivity (Wildman–Crippen MR) is 230 cm³/mol. The lowest BCUT2D eigenvalue weighted by Gasteiger charge is -2.25. The van der Waals surface area contributed by atoms with Crippen LogP contribution in [0.15, 0.2) is 199 Å². The van der Waals surface area contributed by atoms with E-state index < -0.39 is 0 Å². The summed E-state index contributed by atoms with van der Waals surface area (Å²) < 4.78 is 2.43. The molecule has 1 aromatic heterocycles. The molecular weight excluding hydrogens is 689 g/mol. The van der Waals surface area contributed by atoms with E-state index in [2.05, 4.69) is 191 Å². The second kappa shape index (κ2) is 13.8. The first-order valence-electron chi connectivity index (χ1n) is 18.4. The number of nitrogens with zero attached hydrogens (tertiary/aromatic N) is 3. The molecule has 0 radical (unpaired) electrons. The number of nitrogens with one attached hydrogen (secondary N) is 1. The highest BCUT2D eigenvalue weighted by molar-refractivity contribution is 8.00. The molecule has 0 spiro atoms. The van der Waals surface area contributed by atoms with Gasteiger partial charge in [-0.2, -0.15) is 5.26 Å². The zero-order chi connectivity index (χ0) is 36.7. The minimum Gasteiger partial charge on any atom is -0.368 e. The quantitative estimate of drug-likeness (QED) is 0.178. The second-order valence-corrected chi connectivity index (χ2v) is 14.9. The van der Waals surface area contributed by atoms with Crippen LogP contribution in [0.25, 0.3) is 49.7 Å². The summed E-state index contributed by atoms with van der Waals surface area (Å²) in [5, 5.41) is 15.8. The summed E-state index contributed by atoms with van der Waals surface area (Å²) in [4.78, 5) is 3.54. The van der Waals surface area contributed by atoms with Gasteiger partial charge in [0.2, 0.25) is 0 Å². The van der Waals surface area contributed by atoms with Crippen molar-refractivity contribution >= 4 is 56.3 Å². The number of rotatable bonds is 7. The van der Waals surface area contributed by atoms with Crippen LogP contribution < -0.4 is 10.2 Å². The summed E-state index contributed by atoms with van der Waals surface area (Å²) in [6.45, 7) is 0. The number of benzene rings is 8. The third-order valence-corrected chi connectivity index (χ3v) is 11.7. The van der Waals surface area contributed by atoms with Crippen LogP contribution in [-0.2, 0) is 0 Å². The standard InChI is InChI=1S/C50H34N4S/c51-33-34-19-21-35(22-20-34)38-13-10-18-43(31-38)54-47-30-25-39(32-45(47)44-28-29-46-49(48(44)54)55-50(52-46)37-11-4-1-5-12-37)36-23-26-42(27-24-36)53(40-14-6-2-7-15-40)41-16-8-3-9-17-41/h1-32,50,52H. The molecule has 0 amide bonds. The zero-order valence-corrected chi connectivity index (χ0v) is 30.6. The molecule has 0 saturated carbocycles. The lowest BCUT2D eigenvalue weighted by atomic mass is 10.0. The maximum Gasteiger partial charge on any atom is 0.103 e. The van der Waals surface area contributed by atoms with Crippen LogP contribution in [0.5, 0.6) is 0 Å². The fourth-order valence-electron chi connectivity index (χ4n) is 7.79. The number of fused-ring (bicyclic) bond motifs is 5. The van der Waals surface area contributed by atoms with E-state index in [1.807, 2.05) is 36.0 Å². The number of nitriles is 1. The van der Waals surface area contributed by atoms with E-state index >= 15 is 0 Å². The number of hydrogen-bond acceptors (Lipinski definition) is 4. The van der Waals surface area contributed by atoms with Crippen LogP contribution >= 0.6 is 11.8 Å². The summed E-state index contributed by atoms with van der Waals surface area (Å²) >= 11 is 1.88. The van der Waals surface area contributed by atoms with Crippen LogP contribution in [-0.4, -0.2) is 4.57 Å². The molecule has 10 rings (SSSR count). The Morgan fingerprint density at radius 2 is 1.13 bits per heavy atom. The van der Waals surface area contributed by atoms with Gasteiger partial charge in [-0.15, -0.1) is 0 Å². The molecule has 1 aliphatic rings. The van der Waals surface area contributed by atoms with Gasteiger partial charge in [0.05, 0.1) is 33.2 Å². The minimum atomic E-state index is 0.124. The highest BCUT2D eigenvalue weighted by Crippen LogP contribution is 2.52. The number of anilines is 4. The molecule has 0 bridgehead atoms. The van der Waals surface area contributed by atoms with Crippen LogP contribution in [0.3, 0.4) is 0 Å². The van der Waals surface area contributed by atoms with Gasteiger partial charge in [-0.25, -0.2) is 0 Å². The van der Waals surface area contributed by atoms with Gasteiger partial charge in [-0.05, 0) is 107 Å². The van der Waals surface area contributed by atoms with E-state index in [0.29, 0.717) is 5.56 Å². The summed E-state index contributed by atoms with van der Waals surface area (Å²) in [7, 11) is 0. The molecule has 2 heterocycles. The van der Waals surface area contributed by atoms with Gasteiger partial charge >= 0.3 is 0 Å². The van der Waals surface area contributed by atoms with Crippen molar-refractivity contribution in [3.63, 3.8) is 0 Å². The molecule has 0 fully saturated rings. The number of para-hydroxylation sites is 2. The molecule has 8 aromatic carbocycles. The molecule has 0 saturated heterocycles. The lowest BCUT2D eigenvalue weighted by molar-refractivity contribution is 1.13. The topological polar surface area (TPSA) is 44.0 Å². The average Bonchev–Trinajstić information content (AvgIpc) is 3.85. The Bertz CT molecular complexity index is 2820. The van der Waals surface area contributed by atoms with E-state index in [9.17, 15) is 5.26 Å². The Balaban J connectivity index is 1.10. The first-order chi connectivity index (χ1) is 27.2. The maximum absolute atomic E-state index is 9.39.